The van der Waals surface area contributed by atoms with Crippen LogP contribution in [0.5, 0.6) is 11.5 Å². The summed E-state index contributed by atoms with van der Waals surface area (Å²) in [4.78, 5) is 33.3. The molecule has 0 aliphatic carbocycles. The Bertz CT molecular complexity index is 1200. The summed E-state index contributed by atoms with van der Waals surface area (Å²) in [6, 6.07) is 14.3. The molecule has 3 aromatic rings. The third-order valence-corrected chi connectivity index (χ3v) is 7.53. The molecule has 9 heteroatoms. The lowest BCUT2D eigenvalue weighted by atomic mass is 10.0. The standard InChI is InChI=1S/C27H32N4O4S/c1-19(36-18-22-7-3-4-9-28-22)31-14-12-30(13-15-31)11-10-29-27(34)24-16-21-6-5-8-26(35-20(2)32)23(21)17-25(24)33/h3-9,16-17,19,33H,10-15,18H2,1-2H3,(H,29,34). The van der Waals surface area contributed by atoms with Crippen molar-refractivity contribution in [2.45, 2.75) is 25.0 Å². The Kier molecular flexibility index (Phi) is 8.79. The van der Waals surface area contributed by atoms with E-state index in [1.807, 2.05) is 36.2 Å². The monoisotopic (exact) mass is 508 g/mol. The smallest absolute Gasteiger partial charge is 0.308 e. The van der Waals surface area contributed by atoms with E-state index in [9.17, 15) is 14.7 Å². The van der Waals surface area contributed by atoms with Crippen molar-refractivity contribution in [2.75, 3.05) is 39.3 Å². The number of pyridine rings is 1. The predicted octanol–water partition coefficient (Wildman–Crippen LogP) is 3.49. The minimum Gasteiger partial charge on any atom is -0.507 e. The molecule has 1 saturated heterocycles. The highest BCUT2D eigenvalue weighted by Gasteiger charge is 2.22. The van der Waals surface area contributed by atoms with Gasteiger partial charge in [0.1, 0.15) is 11.5 Å². The maximum Gasteiger partial charge on any atom is 0.308 e. The van der Waals surface area contributed by atoms with E-state index in [1.54, 1.807) is 18.2 Å². The highest BCUT2D eigenvalue weighted by Crippen LogP contribution is 2.31. The Balaban J connectivity index is 1.23. The topological polar surface area (TPSA) is 95.0 Å². The lowest BCUT2D eigenvalue weighted by Gasteiger charge is -2.37. The van der Waals surface area contributed by atoms with E-state index in [0.717, 1.165) is 44.2 Å². The molecule has 0 saturated carbocycles. The van der Waals surface area contributed by atoms with Crippen LogP contribution in [0.4, 0.5) is 0 Å². The molecule has 36 heavy (non-hydrogen) atoms. The summed E-state index contributed by atoms with van der Waals surface area (Å²) in [7, 11) is 0. The van der Waals surface area contributed by atoms with Gasteiger partial charge >= 0.3 is 5.97 Å². The number of benzene rings is 2. The molecule has 2 aromatic carbocycles. The number of thioether (sulfide) groups is 1. The highest BCUT2D eigenvalue weighted by atomic mass is 32.2. The normalized spacial score (nSPS) is 15.5. The number of hydrogen-bond donors (Lipinski definition) is 2. The van der Waals surface area contributed by atoms with E-state index in [0.29, 0.717) is 28.4 Å². The third-order valence-electron chi connectivity index (χ3n) is 6.29. The fraction of sp³-hybridized carbons (Fsp3) is 0.370. The van der Waals surface area contributed by atoms with E-state index < -0.39 is 5.97 Å². The van der Waals surface area contributed by atoms with E-state index in [4.69, 9.17) is 4.74 Å². The van der Waals surface area contributed by atoms with Gasteiger partial charge in [0.2, 0.25) is 0 Å². The van der Waals surface area contributed by atoms with Crippen LogP contribution < -0.4 is 10.1 Å². The SMILES string of the molecule is CC(=O)Oc1cccc2cc(C(=O)NCCN3CCN(C(C)SCc4ccccn4)CC3)c(O)cc12. The number of nitrogens with one attached hydrogen (secondary N) is 1. The molecular weight excluding hydrogens is 476 g/mol. The van der Waals surface area contributed by atoms with Crippen LogP contribution in [-0.4, -0.2) is 76.4 Å². The summed E-state index contributed by atoms with van der Waals surface area (Å²) >= 11 is 1.90. The van der Waals surface area contributed by atoms with Crippen molar-refractivity contribution in [3.63, 3.8) is 0 Å². The molecule has 1 atom stereocenters. The quantitative estimate of drug-likeness (QED) is 0.335. The van der Waals surface area contributed by atoms with Gasteiger partial charge in [0.25, 0.3) is 5.91 Å². The summed E-state index contributed by atoms with van der Waals surface area (Å²) in [6.45, 7) is 8.68. The van der Waals surface area contributed by atoms with Gasteiger partial charge in [-0.15, -0.1) is 11.8 Å². The maximum atomic E-state index is 12.8. The zero-order valence-electron chi connectivity index (χ0n) is 20.6. The van der Waals surface area contributed by atoms with Crippen molar-refractivity contribution in [2.24, 2.45) is 0 Å². The molecule has 8 nitrogen and oxygen atoms in total. The zero-order chi connectivity index (χ0) is 25.5. The van der Waals surface area contributed by atoms with E-state index in [2.05, 4.69) is 33.1 Å². The van der Waals surface area contributed by atoms with Gasteiger partial charge < -0.3 is 15.2 Å². The lowest BCUT2D eigenvalue weighted by Crippen LogP contribution is -2.50. The molecular formula is C27H32N4O4S. The summed E-state index contributed by atoms with van der Waals surface area (Å²) in [5, 5.41) is 15.1. The van der Waals surface area contributed by atoms with Gasteiger partial charge in [-0.2, -0.15) is 0 Å². The number of piperazine rings is 1. The van der Waals surface area contributed by atoms with Crippen LogP contribution in [-0.2, 0) is 10.5 Å². The summed E-state index contributed by atoms with van der Waals surface area (Å²) < 4.78 is 5.21. The molecule has 1 fully saturated rings. The Morgan fingerprint density at radius 1 is 1.14 bits per heavy atom. The molecule has 0 spiro atoms. The number of carbonyl (C=O) groups is 2. The fourth-order valence-electron chi connectivity index (χ4n) is 4.28. The van der Waals surface area contributed by atoms with Crippen molar-refractivity contribution in [3.8, 4) is 11.5 Å². The molecule has 1 aliphatic rings. The van der Waals surface area contributed by atoms with E-state index in [-0.39, 0.29) is 17.2 Å². The van der Waals surface area contributed by atoms with Crippen molar-refractivity contribution >= 4 is 34.4 Å². The van der Waals surface area contributed by atoms with Gasteiger partial charge in [-0.05, 0) is 42.6 Å². The van der Waals surface area contributed by atoms with Crippen molar-refractivity contribution in [1.29, 1.82) is 0 Å². The summed E-state index contributed by atoms with van der Waals surface area (Å²) in [6.07, 6.45) is 1.83. The number of esters is 1. The van der Waals surface area contributed by atoms with Crippen molar-refractivity contribution < 1.29 is 19.4 Å². The first-order chi connectivity index (χ1) is 17.4. The van der Waals surface area contributed by atoms with Crippen LogP contribution in [0, 0.1) is 0 Å². The minimum absolute atomic E-state index is 0.148. The van der Waals surface area contributed by atoms with Gasteiger partial charge in [-0.3, -0.25) is 24.4 Å². The number of aromatic nitrogens is 1. The molecule has 2 heterocycles. The Morgan fingerprint density at radius 3 is 2.67 bits per heavy atom. The average molecular weight is 509 g/mol. The molecule has 2 N–H and O–H groups in total. The average Bonchev–Trinajstić information content (AvgIpc) is 2.88. The first-order valence-corrected chi connectivity index (χ1v) is 13.2. The first kappa shape index (κ1) is 25.9. The molecule has 190 valence electrons. The number of phenols is 1. The zero-order valence-corrected chi connectivity index (χ0v) is 21.5. The number of aromatic hydroxyl groups is 1. The molecule has 1 aromatic heterocycles. The largest absolute Gasteiger partial charge is 0.507 e. The van der Waals surface area contributed by atoms with Crippen LogP contribution in [0.3, 0.4) is 0 Å². The maximum absolute atomic E-state index is 12.8. The van der Waals surface area contributed by atoms with Crippen LogP contribution in [0.2, 0.25) is 0 Å². The van der Waals surface area contributed by atoms with Crippen molar-refractivity contribution in [1.82, 2.24) is 20.1 Å². The number of hydrogen-bond acceptors (Lipinski definition) is 8. The highest BCUT2D eigenvalue weighted by molar-refractivity contribution is 7.99. The molecule has 0 radical (unpaired) electrons. The first-order valence-electron chi connectivity index (χ1n) is 12.1. The van der Waals surface area contributed by atoms with E-state index >= 15 is 0 Å². The molecule has 4 rings (SSSR count). The van der Waals surface area contributed by atoms with Crippen LogP contribution in [0.1, 0.15) is 29.9 Å². The van der Waals surface area contributed by atoms with Crippen LogP contribution in [0.15, 0.2) is 54.7 Å². The second-order valence-corrected chi connectivity index (χ2v) is 10.1. The fourth-order valence-corrected chi connectivity index (χ4v) is 5.28. The van der Waals surface area contributed by atoms with Crippen molar-refractivity contribution in [3.05, 3.63) is 66.0 Å². The Morgan fingerprint density at radius 2 is 1.94 bits per heavy atom. The Hall–Kier alpha value is -3.14. The predicted molar refractivity (Wildman–Crippen MR) is 142 cm³/mol. The number of amides is 1. The van der Waals surface area contributed by atoms with E-state index in [1.165, 1.54) is 13.0 Å². The van der Waals surface area contributed by atoms with Crippen LogP contribution >= 0.6 is 11.8 Å². The van der Waals surface area contributed by atoms with Gasteiger partial charge in [0.05, 0.1) is 16.6 Å². The Labute approximate surface area is 215 Å². The van der Waals surface area contributed by atoms with Crippen LogP contribution in [0.25, 0.3) is 10.8 Å². The molecule has 0 bridgehead atoms. The minimum atomic E-state index is -0.442. The molecule has 1 amide bonds. The summed E-state index contributed by atoms with van der Waals surface area (Å²) in [5.41, 5.74) is 1.30. The number of ether oxygens (including phenoxy) is 1. The number of carbonyl (C=O) groups excluding carboxylic acids is 2. The number of nitrogens with zero attached hydrogens (tertiary/aromatic N) is 3. The number of phenolic OH excluding ortho intramolecular Hbond substituents is 1. The van der Waals surface area contributed by atoms with Gasteiger partial charge in [0.15, 0.2) is 0 Å². The van der Waals surface area contributed by atoms with Gasteiger partial charge in [-0.25, -0.2) is 0 Å². The lowest BCUT2D eigenvalue weighted by molar-refractivity contribution is -0.131. The summed E-state index contributed by atoms with van der Waals surface area (Å²) in [5.74, 6) is 0.338. The second-order valence-electron chi connectivity index (χ2n) is 8.81. The number of rotatable bonds is 9. The van der Waals surface area contributed by atoms with Gasteiger partial charge in [-0.1, -0.05) is 18.2 Å². The van der Waals surface area contributed by atoms with Gasteiger partial charge in [0, 0.05) is 63.5 Å². The second kappa shape index (κ2) is 12.2. The third kappa shape index (κ3) is 6.75. The number of fused-ring (bicyclic) bond motifs is 1. The molecule has 1 unspecified atom stereocenters. The molecule has 1 aliphatic heterocycles.